The lowest BCUT2D eigenvalue weighted by Gasteiger charge is -2.33. The van der Waals surface area contributed by atoms with Crippen LogP contribution in [0.15, 0.2) is 15.9 Å². The zero-order valence-corrected chi connectivity index (χ0v) is 12.1. The number of hydrogen-bond donors (Lipinski definition) is 0. The maximum atomic E-state index is 12.4. The third kappa shape index (κ3) is 2.53. The molecule has 0 N–H and O–H groups in total. The molecule has 1 amide bonds. The molecule has 0 saturated heterocycles. The predicted molar refractivity (Wildman–Crippen MR) is 70.9 cm³/mol. The van der Waals surface area contributed by atoms with E-state index in [1.807, 2.05) is 6.07 Å². The van der Waals surface area contributed by atoms with Crippen LogP contribution in [0.3, 0.4) is 0 Å². The molecule has 0 spiro atoms. The van der Waals surface area contributed by atoms with Crippen LogP contribution in [0.25, 0.3) is 0 Å². The van der Waals surface area contributed by atoms with Gasteiger partial charge < -0.3 is 4.90 Å². The van der Waals surface area contributed by atoms with E-state index in [4.69, 9.17) is 0 Å². The Bertz CT molecular complexity index is 485. The number of amides is 1. The van der Waals surface area contributed by atoms with Gasteiger partial charge in [0, 0.05) is 6.04 Å². The Balaban J connectivity index is 2.29. The van der Waals surface area contributed by atoms with Gasteiger partial charge >= 0.3 is 0 Å². The van der Waals surface area contributed by atoms with E-state index in [9.17, 15) is 10.1 Å². The summed E-state index contributed by atoms with van der Waals surface area (Å²) < 4.78 is 0.936. The molecule has 0 aliphatic heterocycles. The van der Waals surface area contributed by atoms with E-state index in [-0.39, 0.29) is 11.9 Å². The molecule has 1 heterocycles. The normalized spacial score (nSPS) is 15.4. The molecule has 3 nitrogen and oxygen atoms in total. The van der Waals surface area contributed by atoms with Gasteiger partial charge in [0.05, 0.1) is 14.7 Å². The highest BCUT2D eigenvalue weighted by Gasteiger charge is 2.42. The van der Waals surface area contributed by atoms with Crippen molar-refractivity contribution in [2.24, 2.45) is 0 Å². The standard InChI is InChI=1S/C12H13BrN2OS/c1-12(2,7-14)15(8-3-4-8)11(16)9-5-6-10(13)17-9/h5-6,8H,3-4H2,1-2H3. The first-order valence-corrected chi connectivity index (χ1v) is 7.07. The monoisotopic (exact) mass is 312 g/mol. The third-order valence-corrected chi connectivity index (χ3v) is 4.40. The molecular weight excluding hydrogens is 300 g/mol. The van der Waals surface area contributed by atoms with Crippen molar-refractivity contribution in [2.75, 3.05) is 0 Å². The van der Waals surface area contributed by atoms with Crippen LogP contribution in [0, 0.1) is 11.3 Å². The number of carbonyl (C=O) groups excluding carboxylic acids is 1. The highest BCUT2D eigenvalue weighted by atomic mass is 79.9. The summed E-state index contributed by atoms with van der Waals surface area (Å²) in [4.78, 5) is 14.8. The molecule has 0 unspecified atom stereocenters. The molecule has 1 aromatic heterocycles. The van der Waals surface area contributed by atoms with Gasteiger partial charge in [-0.15, -0.1) is 11.3 Å². The van der Waals surface area contributed by atoms with Crippen molar-refractivity contribution < 1.29 is 4.79 Å². The number of thiophene rings is 1. The van der Waals surface area contributed by atoms with Crippen molar-refractivity contribution in [1.82, 2.24) is 4.90 Å². The highest BCUT2D eigenvalue weighted by molar-refractivity contribution is 9.11. The van der Waals surface area contributed by atoms with Crippen molar-refractivity contribution >= 4 is 33.2 Å². The van der Waals surface area contributed by atoms with Crippen LogP contribution < -0.4 is 0 Å². The first-order chi connectivity index (χ1) is 7.95. The zero-order valence-electron chi connectivity index (χ0n) is 9.74. The van der Waals surface area contributed by atoms with E-state index < -0.39 is 5.54 Å². The van der Waals surface area contributed by atoms with Gasteiger partial charge in [0.25, 0.3) is 5.91 Å². The molecule has 0 radical (unpaired) electrons. The Hall–Kier alpha value is -0.860. The summed E-state index contributed by atoms with van der Waals surface area (Å²) in [6, 6.07) is 6.12. The summed E-state index contributed by atoms with van der Waals surface area (Å²) in [6.45, 7) is 3.59. The molecule has 90 valence electrons. The number of halogens is 1. The molecule has 1 aromatic rings. The Kier molecular flexibility index (Phi) is 3.28. The quantitative estimate of drug-likeness (QED) is 0.858. The van der Waals surface area contributed by atoms with Gasteiger partial charge in [-0.3, -0.25) is 4.79 Å². The lowest BCUT2D eigenvalue weighted by molar-refractivity contribution is 0.0620. The Morgan fingerprint density at radius 1 is 1.59 bits per heavy atom. The molecule has 1 saturated carbocycles. The first kappa shape index (κ1) is 12.6. The van der Waals surface area contributed by atoms with Crippen molar-refractivity contribution in [2.45, 2.75) is 38.3 Å². The topological polar surface area (TPSA) is 44.1 Å². The van der Waals surface area contributed by atoms with Gasteiger partial charge in [-0.1, -0.05) is 0 Å². The number of carbonyl (C=O) groups is 1. The largest absolute Gasteiger partial charge is 0.317 e. The fourth-order valence-electron chi connectivity index (χ4n) is 1.81. The minimum atomic E-state index is -0.741. The Morgan fingerprint density at radius 3 is 2.65 bits per heavy atom. The summed E-state index contributed by atoms with van der Waals surface area (Å²) in [5.41, 5.74) is -0.741. The van der Waals surface area contributed by atoms with Crippen LogP contribution in [-0.4, -0.2) is 22.4 Å². The molecule has 1 aliphatic rings. The summed E-state index contributed by atoms with van der Waals surface area (Å²) >= 11 is 4.76. The fourth-order valence-corrected chi connectivity index (χ4v) is 3.13. The SMILES string of the molecule is CC(C)(C#N)N(C(=O)c1ccc(Br)s1)C1CC1. The predicted octanol–water partition coefficient (Wildman–Crippen LogP) is 3.42. The molecule has 5 heteroatoms. The molecule has 1 fully saturated rings. The van der Waals surface area contributed by atoms with Crippen molar-refractivity contribution in [3.63, 3.8) is 0 Å². The summed E-state index contributed by atoms with van der Waals surface area (Å²) in [5.74, 6) is -0.0326. The van der Waals surface area contributed by atoms with E-state index in [0.717, 1.165) is 16.6 Å². The number of nitrogens with zero attached hydrogens (tertiary/aromatic N) is 2. The van der Waals surface area contributed by atoms with Gasteiger partial charge in [-0.05, 0) is 54.8 Å². The molecule has 0 aromatic carbocycles. The van der Waals surface area contributed by atoms with E-state index in [0.29, 0.717) is 4.88 Å². The van der Waals surface area contributed by atoms with E-state index >= 15 is 0 Å². The molecule has 0 bridgehead atoms. The molecule has 0 atom stereocenters. The third-order valence-electron chi connectivity index (χ3n) is 2.79. The second-order valence-electron chi connectivity index (χ2n) is 4.68. The van der Waals surface area contributed by atoms with Crippen LogP contribution >= 0.6 is 27.3 Å². The summed E-state index contributed by atoms with van der Waals surface area (Å²) in [5, 5.41) is 9.19. The van der Waals surface area contributed by atoms with Crippen LogP contribution in [0.4, 0.5) is 0 Å². The minimum Gasteiger partial charge on any atom is -0.317 e. The number of nitriles is 1. The van der Waals surface area contributed by atoms with Crippen molar-refractivity contribution in [3.8, 4) is 6.07 Å². The fraction of sp³-hybridized carbons (Fsp3) is 0.500. The average molecular weight is 313 g/mol. The van der Waals surface area contributed by atoms with Gasteiger partial charge in [0.2, 0.25) is 0 Å². The van der Waals surface area contributed by atoms with Crippen molar-refractivity contribution in [3.05, 3.63) is 20.8 Å². The van der Waals surface area contributed by atoms with Crippen LogP contribution in [0.5, 0.6) is 0 Å². The van der Waals surface area contributed by atoms with E-state index in [1.165, 1.54) is 11.3 Å². The first-order valence-electron chi connectivity index (χ1n) is 5.46. The van der Waals surface area contributed by atoms with E-state index in [2.05, 4.69) is 22.0 Å². The van der Waals surface area contributed by atoms with Crippen LogP contribution in [-0.2, 0) is 0 Å². The lowest BCUT2D eigenvalue weighted by atomic mass is 10.0. The summed E-state index contributed by atoms with van der Waals surface area (Å²) in [7, 11) is 0. The van der Waals surface area contributed by atoms with Gasteiger partial charge in [0.15, 0.2) is 0 Å². The van der Waals surface area contributed by atoms with Crippen LogP contribution in [0.2, 0.25) is 0 Å². The van der Waals surface area contributed by atoms with E-state index in [1.54, 1.807) is 24.8 Å². The summed E-state index contributed by atoms with van der Waals surface area (Å²) in [6.07, 6.45) is 2.01. The number of rotatable bonds is 3. The smallest absolute Gasteiger partial charge is 0.265 e. The Morgan fingerprint density at radius 2 is 2.24 bits per heavy atom. The minimum absolute atomic E-state index is 0.0326. The maximum Gasteiger partial charge on any atom is 0.265 e. The second-order valence-corrected chi connectivity index (χ2v) is 7.14. The molecule has 1 aliphatic carbocycles. The van der Waals surface area contributed by atoms with Gasteiger partial charge in [-0.2, -0.15) is 5.26 Å². The molecule has 17 heavy (non-hydrogen) atoms. The molecule has 2 rings (SSSR count). The molecular formula is C12H13BrN2OS. The second kappa shape index (κ2) is 4.43. The Labute approximate surface area is 113 Å². The van der Waals surface area contributed by atoms with Crippen molar-refractivity contribution in [1.29, 1.82) is 5.26 Å². The van der Waals surface area contributed by atoms with Crippen LogP contribution in [0.1, 0.15) is 36.4 Å². The lowest BCUT2D eigenvalue weighted by Crippen LogP contribution is -2.48. The number of hydrogen-bond acceptors (Lipinski definition) is 3. The average Bonchev–Trinajstić information content (AvgIpc) is 2.99. The highest BCUT2D eigenvalue weighted by Crippen LogP contribution is 2.35. The van der Waals surface area contributed by atoms with Gasteiger partial charge in [0.1, 0.15) is 5.54 Å². The maximum absolute atomic E-state index is 12.4. The zero-order chi connectivity index (χ0) is 12.6. The van der Waals surface area contributed by atoms with Gasteiger partial charge in [-0.25, -0.2) is 0 Å².